The predicted octanol–water partition coefficient (Wildman–Crippen LogP) is -0.0717. The van der Waals surface area contributed by atoms with Crippen molar-refractivity contribution in [2.75, 3.05) is 13.1 Å². The third kappa shape index (κ3) is 1.18. The molecule has 2 aliphatic rings. The Bertz CT molecular complexity index is 179. The maximum Gasteiger partial charge on any atom is 0.410 e. The number of amides is 1. The Kier molecular flexibility index (Phi) is 1.49. The summed E-state index contributed by atoms with van der Waals surface area (Å²) in [5.41, 5.74) is 5.37. The first-order valence-corrected chi connectivity index (χ1v) is 3.98. The topological polar surface area (TPSA) is 55.6 Å². The zero-order valence-electron chi connectivity index (χ0n) is 6.32. The van der Waals surface area contributed by atoms with E-state index in [0.29, 0.717) is 19.1 Å². The van der Waals surface area contributed by atoms with Crippen LogP contribution in [0.5, 0.6) is 0 Å². The van der Waals surface area contributed by atoms with Gasteiger partial charge in [-0.05, 0) is 12.8 Å². The lowest BCUT2D eigenvalue weighted by Crippen LogP contribution is -2.29. The molecular formula is C7H12N2O2. The monoisotopic (exact) mass is 156 g/mol. The van der Waals surface area contributed by atoms with E-state index in [9.17, 15) is 4.79 Å². The largest absolute Gasteiger partial charge is 0.443 e. The summed E-state index contributed by atoms with van der Waals surface area (Å²) in [6, 6.07) is 0.457. The molecule has 1 atom stereocenters. The first-order valence-electron chi connectivity index (χ1n) is 3.98. The highest BCUT2D eigenvalue weighted by atomic mass is 16.6. The number of carbonyl (C=O) groups is 1. The number of nitrogens with zero attached hydrogens (tertiary/aromatic N) is 1. The maximum absolute atomic E-state index is 11.1. The number of nitrogens with two attached hydrogens (primary N) is 1. The zero-order valence-corrected chi connectivity index (χ0v) is 6.32. The Morgan fingerprint density at radius 3 is 2.82 bits per heavy atom. The second-order valence-electron chi connectivity index (χ2n) is 3.13. The van der Waals surface area contributed by atoms with Crippen LogP contribution in [-0.4, -0.2) is 36.2 Å². The lowest BCUT2D eigenvalue weighted by Gasteiger charge is -2.09. The van der Waals surface area contributed by atoms with E-state index in [-0.39, 0.29) is 12.2 Å². The lowest BCUT2D eigenvalue weighted by molar-refractivity contribution is 0.134. The predicted molar refractivity (Wildman–Crippen MR) is 39.1 cm³/mol. The van der Waals surface area contributed by atoms with Crippen LogP contribution in [0.3, 0.4) is 0 Å². The standard InChI is InChI=1S/C7H12N2O2/c8-3-6-4-9(5-1-2-5)7(10)11-6/h5-6H,1-4,8H2/t6-/m1/s1. The van der Waals surface area contributed by atoms with Crippen LogP contribution >= 0.6 is 0 Å². The molecule has 0 radical (unpaired) electrons. The van der Waals surface area contributed by atoms with E-state index in [0.717, 1.165) is 12.8 Å². The maximum atomic E-state index is 11.1. The minimum atomic E-state index is -0.178. The zero-order chi connectivity index (χ0) is 7.84. The molecule has 2 N–H and O–H groups in total. The summed E-state index contributed by atoms with van der Waals surface area (Å²) >= 11 is 0. The van der Waals surface area contributed by atoms with Gasteiger partial charge in [-0.1, -0.05) is 0 Å². The molecule has 2 rings (SSSR count). The van der Waals surface area contributed by atoms with Gasteiger partial charge in [0.05, 0.1) is 6.54 Å². The molecule has 4 heteroatoms. The van der Waals surface area contributed by atoms with Gasteiger partial charge < -0.3 is 15.4 Å². The number of cyclic esters (lactones) is 1. The average Bonchev–Trinajstić information content (AvgIpc) is 2.76. The third-order valence-corrected chi connectivity index (χ3v) is 2.15. The van der Waals surface area contributed by atoms with Crippen molar-refractivity contribution < 1.29 is 9.53 Å². The molecule has 11 heavy (non-hydrogen) atoms. The Morgan fingerprint density at radius 2 is 2.36 bits per heavy atom. The molecule has 0 unspecified atom stereocenters. The van der Waals surface area contributed by atoms with Crippen molar-refractivity contribution >= 4 is 6.09 Å². The smallest absolute Gasteiger partial charge is 0.410 e. The van der Waals surface area contributed by atoms with E-state index in [1.54, 1.807) is 4.90 Å². The molecule has 1 saturated carbocycles. The Balaban J connectivity index is 1.96. The van der Waals surface area contributed by atoms with E-state index in [4.69, 9.17) is 10.5 Å². The van der Waals surface area contributed by atoms with Gasteiger partial charge in [0.15, 0.2) is 0 Å². The molecule has 0 spiro atoms. The summed E-state index contributed by atoms with van der Waals surface area (Å²) in [7, 11) is 0. The van der Waals surface area contributed by atoms with Crippen LogP contribution in [0.2, 0.25) is 0 Å². The normalized spacial score (nSPS) is 30.8. The third-order valence-electron chi connectivity index (χ3n) is 2.15. The highest BCUT2D eigenvalue weighted by molar-refractivity contribution is 5.70. The molecule has 2 fully saturated rings. The molecular weight excluding hydrogens is 144 g/mol. The molecule has 4 nitrogen and oxygen atoms in total. The summed E-state index contributed by atoms with van der Waals surface area (Å²) < 4.78 is 4.99. The van der Waals surface area contributed by atoms with Gasteiger partial charge in [-0.25, -0.2) is 4.79 Å². The number of carbonyl (C=O) groups excluding carboxylic acids is 1. The molecule has 1 saturated heterocycles. The van der Waals surface area contributed by atoms with E-state index in [1.165, 1.54) is 0 Å². The van der Waals surface area contributed by atoms with Crippen LogP contribution < -0.4 is 5.73 Å². The summed E-state index contributed by atoms with van der Waals surface area (Å²) in [6.45, 7) is 1.13. The van der Waals surface area contributed by atoms with Gasteiger partial charge >= 0.3 is 6.09 Å². The highest BCUT2D eigenvalue weighted by Crippen LogP contribution is 2.30. The van der Waals surface area contributed by atoms with E-state index in [1.807, 2.05) is 0 Å². The van der Waals surface area contributed by atoms with E-state index >= 15 is 0 Å². The number of hydrogen-bond donors (Lipinski definition) is 1. The fraction of sp³-hybridized carbons (Fsp3) is 0.857. The van der Waals surface area contributed by atoms with Gasteiger partial charge in [-0.3, -0.25) is 0 Å². The fourth-order valence-electron chi connectivity index (χ4n) is 1.35. The van der Waals surface area contributed by atoms with Crippen molar-refractivity contribution in [3.8, 4) is 0 Å². The van der Waals surface area contributed by atoms with Crippen molar-refractivity contribution in [1.82, 2.24) is 4.90 Å². The van der Waals surface area contributed by atoms with Crippen LogP contribution in [0, 0.1) is 0 Å². The number of hydrogen-bond acceptors (Lipinski definition) is 3. The second kappa shape index (κ2) is 2.37. The van der Waals surface area contributed by atoms with Gasteiger partial charge in [0.25, 0.3) is 0 Å². The van der Waals surface area contributed by atoms with Crippen LogP contribution in [0.1, 0.15) is 12.8 Å². The van der Waals surface area contributed by atoms with Crippen molar-refractivity contribution in [2.45, 2.75) is 25.0 Å². The number of ether oxygens (including phenoxy) is 1. The van der Waals surface area contributed by atoms with Crippen LogP contribution in [0.4, 0.5) is 4.79 Å². The van der Waals surface area contributed by atoms with Gasteiger partial charge in [-0.2, -0.15) is 0 Å². The van der Waals surface area contributed by atoms with Gasteiger partial charge in [-0.15, -0.1) is 0 Å². The quantitative estimate of drug-likeness (QED) is 0.608. The molecule has 0 aromatic carbocycles. The minimum absolute atomic E-state index is 0.0666. The fourth-order valence-corrected chi connectivity index (χ4v) is 1.35. The molecule has 0 bridgehead atoms. The van der Waals surface area contributed by atoms with Gasteiger partial charge in [0, 0.05) is 12.6 Å². The Labute approximate surface area is 65.3 Å². The highest BCUT2D eigenvalue weighted by Gasteiger charge is 2.40. The van der Waals surface area contributed by atoms with Crippen molar-refractivity contribution in [2.24, 2.45) is 5.73 Å². The first-order chi connectivity index (χ1) is 5.31. The summed E-state index contributed by atoms with van der Waals surface area (Å²) in [4.78, 5) is 12.9. The van der Waals surface area contributed by atoms with Crippen LogP contribution in [0.25, 0.3) is 0 Å². The SMILES string of the molecule is NC[C@@H]1CN(C2CC2)C(=O)O1. The second-order valence-corrected chi connectivity index (χ2v) is 3.13. The van der Waals surface area contributed by atoms with Crippen molar-refractivity contribution in [3.63, 3.8) is 0 Å². The van der Waals surface area contributed by atoms with Crippen molar-refractivity contribution in [3.05, 3.63) is 0 Å². The molecule has 1 aliphatic carbocycles. The van der Waals surface area contributed by atoms with Crippen molar-refractivity contribution in [1.29, 1.82) is 0 Å². The molecule has 0 aromatic rings. The average molecular weight is 156 g/mol. The number of rotatable bonds is 2. The molecule has 0 aromatic heterocycles. The van der Waals surface area contributed by atoms with Crippen LogP contribution in [0.15, 0.2) is 0 Å². The molecule has 1 amide bonds. The molecule has 62 valence electrons. The summed E-state index contributed by atoms with van der Waals surface area (Å²) in [5.74, 6) is 0. The Morgan fingerprint density at radius 1 is 1.64 bits per heavy atom. The summed E-state index contributed by atoms with van der Waals surface area (Å²) in [6.07, 6.45) is 2.02. The van der Waals surface area contributed by atoms with Gasteiger partial charge in [0.1, 0.15) is 6.10 Å². The van der Waals surface area contributed by atoms with E-state index in [2.05, 4.69) is 0 Å². The molecule has 1 heterocycles. The van der Waals surface area contributed by atoms with Gasteiger partial charge in [0.2, 0.25) is 0 Å². The molecule has 1 aliphatic heterocycles. The first kappa shape index (κ1) is 6.91. The minimum Gasteiger partial charge on any atom is -0.443 e. The lowest BCUT2D eigenvalue weighted by atomic mass is 10.3. The van der Waals surface area contributed by atoms with E-state index < -0.39 is 0 Å². The summed E-state index contributed by atoms with van der Waals surface area (Å²) in [5, 5.41) is 0. The Hall–Kier alpha value is -0.770. The van der Waals surface area contributed by atoms with Crippen LogP contribution in [-0.2, 0) is 4.74 Å².